The average Bonchev–Trinajstić information content (AvgIpc) is 2.80. The maximum Gasteiger partial charge on any atom is 2.00 e. The van der Waals surface area contributed by atoms with Gasteiger partial charge in [0, 0.05) is 12.5 Å². The van der Waals surface area contributed by atoms with Crippen LogP contribution in [0.1, 0.15) is 24.5 Å². The van der Waals surface area contributed by atoms with Crippen LogP contribution in [0, 0.1) is 12.8 Å². The van der Waals surface area contributed by atoms with Gasteiger partial charge in [0.05, 0.1) is 12.3 Å². The monoisotopic (exact) mass is 329 g/mol. The van der Waals surface area contributed by atoms with Crippen molar-refractivity contribution in [2.45, 2.75) is 39.1 Å². The first kappa shape index (κ1) is 17.5. The van der Waals surface area contributed by atoms with Crippen LogP contribution in [0.25, 0.3) is 5.43 Å². The van der Waals surface area contributed by atoms with Crippen molar-refractivity contribution in [3.8, 4) is 5.75 Å². The number of nitrogens with zero attached hydrogens (tertiary/aromatic N) is 1. The third-order valence-electron chi connectivity index (χ3n) is 3.55. The summed E-state index contributed by atoms with van der Waals surface area (Å²) in [5, 5.41) is 19.7. The average molecular weight is 331 g/mol. The third kappa shape index (κ3) is 4.50. The summed E-state index contributed by atoms with van der Waals surface area (Å²) in [6, 6.07) is 5.39. The van der Waals surface area contributed by atoms with Crippen LogP contribution in [0.5, 0.6) is 5.75 Å². The Kier molecular flexibility index (Phi) is 7.06. The second-order valence-corrected chi connectivity index (χ2v) is 5.05. The van der Waals surface area contributed by atoms with E-state index in [1.165, 1.54) is 0 Å². The van der Waals surface area contributed by atoms with Crippen LogP contribution in [0.4, 0.5) is 0 Å². The first-order chi connectivity index (χ1) is 9.08. The van der Waals surface area contributed by atoms with Crippen molar-refractivity contribution >= 4 is 0 Å². The van der Waals surface area contributed by atoms with E-state index in [4.69, 9.17) is 4.74 Å². The van der Waals surface area contributed by atoms with Crippen LogP contribution in [0.2, 0.25) is 0 Å². The molecular formula is C14H21N2O3Zn+. The summed E-state index contributed by atoms with van der Waals surface area (Å²) in [6.45, 7) is 4.92. The Morgan fingerprint density at radius 2 is 2.25 bits per heavy atom. The molecule has 1 fully saturated rings. The van der Waals surface area contributed by atoms with E-state index in [1.807, 2.05) is 26.0 Å². The zero-order valence-electron chi connectivity index (χ0n) is 12.0. The molecule has 0 aliphatic carbocycles. The number of hydrogen-bond acceptors (Lipinski definition) is 4. The van der Waals surface area contributed by atoms with E-state index in [0.717, 1.165) is 17.5 Å². The topological polar surface area (TPSA) is 75.8 Å². The van der Waals surface area contributed by atoms with Gasteiger partial charge in [0.15, 0.2) is 0 Å². The largest absolute Gasteiger partial charge is 2.00 e. The van der Waals surface area contributed by atoms with Crippen molar-refractivity contribution in [3.05, 3.63) is 34.8 Å². The fourth-order valence-electron chi connectivity index (χ4n) is 2.32. The number of aliphatic hydroxyl groups excluding tert-OH is 1. The van der Waals surface area contributed by atoms with Crippen molar-refractivity contribution in [1.82, 2.24) is 5.43 Å². The van der Waals surface area contributed by atoms with Gasteiger partial charge in [0.2, 0.25) is 0 Å². The fraction of sp³-hybridized carbons (Fsp3) is 0.571. The molecule has 3 atom stereocenters. The number of hydrogen-bond donors (Lipinski definition) is 3. The van der Waals surface area contributed by atoms with Crippen molar-refractivity contribution in [3.63, 3.8) is 0 Å². The number of benzene rings is 1. The van der Waals surface area contributed by atoms with Crippen LogP contribution >= 0.6 is 0 Å². The molecule has 1 aliphatic rings. The Labute approximate surface area is 132 Å². The van der Waals surface area contributed by atoms with Gasteiger partial charge in [-0.2, -0.15) is 0 Å². The Balaban J connectivity index is 0.00000200. The van der Waals surface area contributed by atoms with Crippen LogP contribution in [-0.4, -0.2) is 29.2 Å². The Bertz CT molecular complexity index is 431. The van der Waals surface area contributed by atoms with Crippen LogP contribution in [0.15, 0.2) is 18.2 Å². The Morgan fingerprint density at radius 3 is 2.90 bits per heavy atom. The molecule has 6 heteroatoms. The molecule has 1 aliphatic heterocycles. The molecule has 3 unspecified atom stereocenters. The summed E-state index contributed by atoms with van der Waals surface area (Å²) in [5.74, 6) is 0.290. The van der Waals surface area contributed by atoms with E-state index in [0.29, 0.717) is 13.2 Å². The molecule has 20 heavy (non-hydrogen) atoms. The minimum absolute atomic E-state index is 0. The van der Waals surface area contributed by atoms with Crippen molar-refractivity contribution in [1.29, 1.82) is 0 Å². The normalized spacial score (nSPS) is 23.4. The van der Waals surface area contributed by atoms with Gasteiger partial charge in [-0.25, -0.2) is 0 Å². The SMILES string of the molecule is Cc1ccc(O)c(C[N-]NC(O)C2CCOC2C)c1.[Zn+2]. The number of nitrogens with one attached hydrogen (secondary N) is 1. The predicted molar refractivity (Wildman–Crippen MR) is 72.6 cm³/mol. The van der Waals surface area contributed by atoms with E-state index >= 15 is 0 Å². The second-order valence-electron chi connectivity index (χ2n) is 5.05. The fourth-order valence-corrected chi connectivity index (χ4v) is 2.32. The summed E-state index contributed by atoms with van der Waals surface area (Å²) >= 11 is 0. The van der Waals surface area contributed by atoms with Gasteiger partial charge in [-0.1, -0.05) is 17.7 Å². The zero-order valence-corrected chi connectivity index (χ0v) is 15.0. The predicted octanol–water partition coefficient (Wildman–Crippen LogP) is 1.82. The van der Waals surface area contributed by atoms with Crippen LogP contribution in [-0.2, 0) is 30.8 Å². The molecule has 5 nitrogen and oxygen atoms in total. The van der Waals surface area contributed by atoms with Gasteiger partial charge in [0.25, 0.3) is 0 Å². The molecule has 0 bridgehead atoms. The van der Waals surface area contributed by atoms with E-state index in [-0.39, 0.29) is 37.2 Å². The van der Waals surface area contributed by atoms with Gasteiger partial charge < -0.3 is 25.8 Å². The Hall–Kier alpha value is -0.517. The molecule has 1 heterocycles. The summed E-state index contributed by atoms with van der Waals surface area (Å²) in [5.41, 5.74) is 8.66. The van der Waals surface area contributed by atoms with E-state index in [1.54, 1.807) is 6.07 Å². The first-order valence-corrected chi connectivity index (χ1v) is 6.58. The first-order valence-electron chi connectivity index (χ1n) is 6.58. The molecule has 0 radical (unpaired) electrons. The molecule has 0 amide bonds. The molecule has 3 N–H and O–H groups in total. The molecule has 106 valence electrons. The molecule has 0 saturated carbocycles. The summed E-state index contributed by atoms with van der Waals surface area (Å²) in [6.07, 6.45) is 0.176. The number of rotatable bonds is 5. The van der Waals surface area contributed by atoms with Crippen LogP contribution in [0.3, 0.4) is 0 Å². The summed E-state index contributed by atoms with van der Waals surface area (Å²) in [7, 11) is 0. The number of aliphatic hydroxyl groups is 1. The second kappa shape index (κ2) is 8.06. The number of aryl methyl sites for hydroxylation is 1. The minimum atomic E-state index is -0.704. The molecule has 1 aromatic rings. The number of ether oxygens (including phenoxy) is 1. The maximum absolute atomic E-state index is 9.97. The maximum atomic E-state index is 9.97. The van der Waals surface area contributed by atoms with E-state index < -0.39 is 6.23 Å². The van der Waals surface area contributed by atoms with Gasteiger partial charge in [-0.3, -0.25) is 0 Å². The van der Waals surface area contributed by atoms with Crippen LogP contribution < -0.4 is 5.43 Å². The molecule has 1 saturated heterocycles. The zero-order chi connectivity index (χ0) is 13.8. The molecule has 0 spiro atoms. The summed E-state index contributed by atoms with van der Waals surface area (Å²) < 4.78 is 5.40. The Morgan fingerprint density at radius 1 is 1.50 bits per heavy atom. The summed E-state index contributed by atoms with van der Waals surface area (Å²) in [4.78, 5) is 0. The van der Waals surface area contributed by atoms with Gasteiger partial charge in [-0.05, 0) is 31.9 Å². The molecular weight excluding hydrogens is 310 g/mol. The van der Waals surface area contributed by atoms with E-state index in [9.17, 15) is 10.2 Å². The van der Waals surface area contributed by atoms with Gasteiger partial charge in [0.1, 0.15) is 5.75 Å². The van der Waals surface area contributed by atoms with Crippen molar-refractivity contribution in [2.75, 3.05) is 6.61 Å². The number of phenols is 1. The van der Waals surface area contributed by atoms with Crippen molar-refractivity contribution in [2.24, 2.45) is 5.92 Å². The van der Waals surface area contributed by atoms with Gasteiger partial charge >= 0.3 is 19.5 Å². The molecule has 0 aromatic heterocycles. The minimum Gasteiger partial charge on any atom is -0.591 e. The standard InChI is InChI=1S/C14H21N2O3.Zn/c1-9-3-4-13(17)11(7-9)8-15-16-14(18)12-5-6-19-10(12)2;/h3-4,7,10,12,14,16-18H,5-6,8H2,1-2H3;/q-1;+2. The third-order valence-corrected chi connectivity index (χ3v) is 3.55. The molecule has 1 aromatic carbocycles. The number of phenolic OH excluding ortho intramolecular Hbond substituents is 1. The smallest absolute Gasteiger partial charge is 0.591 e. The number of aromatic hydroxyl groups is 1. The van der Waals surface area contributed by atoms with Crippen molar-refractivity contribution < 1.29 is 34.4 Å². The molecule has 2 rings (SSSR count). The quantitative estimate of drug-likeness (QED) is 0.437. The van der Waals surface area contributed by atoms with Gasteiger partial charge in [-0.15, -0.1) is 6.54 Å². The van der Waals surface area contributed by atoms with E-state index in [2.05, 4.69) is 10.9 Å².